The van der Waals surface area contributed by atoms with Crippen molar-refractivity contribution in [2.24, 2.45) is 0 Å². The van der Waals surface area contributed by atoms with Gasteiger partial charge < -0.3 is 14.7 Å². The number of hydrogen-bond acceptors (Lipinski definition) is 5. The van der Waals surface area contributed by atoms with Crippen molar-refractivity contribution in [1.82, 2.24) is 9.58 Å². The molecule has 0 unspecified atom stereocenters. The molecular formula is C24H23N3O4. The molecule has 0 saturated carbocycles. The number of pyridine rings is 1. The third-order valence-corrected chi connectivity index (χ3v) is 5.84. The molecule has 0 saturated heterocycles. The summed E-state index contributed by atoms with van der Waals surface area (Å²) in [5.41, 5.74) is 1.40. The van der Waals surface area contributed by atoms with Gasteiger partial charge in [0.2, 0.25) is 5.43 Å². The van der Waals surface area contributed by atoms with E-state index in [4.69, 9.17) is 4.74 Å². The van der Waals surface area contributed by atoms with Crippen LogP contribution < -0.4 is 15.2 Å². The van der Waals surface area contributed by atoms with Gasteiger partial charge in [0.1, 0.15) is 18.5 Å². The predicted molar refractivity (Wildman–Crippen MR) is 116 cm³/mol. The summed E-state index contributed by atoms with van der Waals surface area (Å²) in [6, 6.07) is 18.9. The van der Waals surface area contributed by atoms with E-state index in [0.717, 1.165) is 29.7 Å². The highest BCUT2D eigenvalue weighted by molar-refractivity contribution is 5.96. The zero-order valence-electron chi connectivity index (χ0n) is 17.0. The van der Waals surface area contributed by atoms with Crippen LogP contribution in [0.5, 0.6) is 11.5 Å². The number of ether oxygens (including phenoxy) is 1. The maximum Gasteiger partial charge on any atom is 0.277 e. The Hall–Kier alpha value is -3.74. The number of amides is 1. The highest BCUT2D eigenvalue weighted by atomic mass is 16.5. The number of fused-ring (bicyclic) bond motifs is 5. The smallest absolute Gasteiger partial charge is 0.277 e. The van der Waals surface area contributed by atoms with Crippen molar-refractivity contribution in [3.8, 4) is 11.5 Å². The van der Waals surface area contributed by atoms with Gasteiger partial charge in [-0.2, -0.15) is 0 Å². The lowest BCUT2D eigenvalue weighted by atomic mass is 9.97. The lowest BCUT2D eigenvalue weighted by molar-refractivity contribution is 0.0676. The van der Waals surface area contributed by atoms with Gasteiger partial charge in [-0.05, 0) is 24.5 Å². The maximum atomic E-state index is 13.2. The van der Waals surface area contributed by atoms with Crippen LogP contribution >= 0.6 is 0 Å². The van der Waals surface area contributed by atoms with Crippen molar-refractivity contribution in [1.29, 1.82) is 0 Å². The monoisotopic (exact) mass is 417 g/mol. The van der Waals surface area contributed by atoms with Gasteiger partial charge in [0.15, 0.2) is 11.4 Å². The van der Waals surface area contributed by atoms with Gasteiger partial charge in [-0.25, -0.2) is 0 Å². The van der Waals surface area contributed by atoms with Crippen molar-refractivity contribution in [3.05, 3.63) is 93.9 Å². The van der Waals surface area contributed by atoms with E-state index in [0.29, 0.717) is 19.8 Å². The molecule has 1 amide bonds. The quantitative estimate of drug-likeness (QED) is 0.659. The maximum absolute atomic E-state index is 13.2. The van der Waals surface area contributed by atoms with Crippen LogP contribution in [0.2, 0.25) is 0 Å². The molecule has 31 heavy (non-hydrogen) atoms. The Bertz CT molecular complexity index is 1170. The van der Waals surface area contributed by atoms with Gasteiger partial charge in [-0.3, -0.25) is 19.3 Å². The lowest BCUT2D eigenvalue weighted by Gasteiger charge is -2.44. The van der Waals surface area contributed by atoms with Crippen LogP contribution in [-0.4, -0.2) is 40.4 Å². The van der Waals surface area contributed by atoms with Crippen LogP contribution in [0, 0.1) is 0 Å². The fourth-order valence-corrected chi connectivity index (χ4v) is 4.34. The molecule has 2 aromatic carbocycles. The molecular weight excluding hydrogens is 394 g/mol. The zero-order chi connectivity index (χ0) is 21.4. The van der Waals surface area contributed by atoms with Crippen molar-refractivity contribution in [2.75, 3.05) is 24.8 Å². The lowest BCUT2D eigenvalue weighted by Crippen LogP contribution is -2.55. The van der Waals surface area contributed by atoms with Gasteiger partial charge in [-0.1, -0.05) is 48.5 Å². The molecule has 0 radical (unpaired) electrons. The van der Waals surface area contributed by atoms with Gasteiger partial charge in [-0.15, -0.1) is 0 Å². The molecule has 3 aromatic rings. The average Bonchev–Trinajstić information content (AvgIpc) is 2.82. The van der Waals surface area contributed by atoms with E-state index in [1.54, 1.807) is 15.8 Å². The molecule has 7 heteroatoms. The molecule has 2 aliphatic rings. The number of hydrogen-bond donors (Lipinski definition) is 1. The Kier molecular flexibility index (Phi) is 4.86. The number of rotatable bonds is 1. The summed E-state index contributed by atoms with van der Waals surface area (Å²) in [5, 5.41) is 12.5. The summed E-state index contributed by atoms with van der Waals surface area (Å²) >= 11 is 0. The van der Waals surface area contributed by atoms with Crippen LogP contribution in [0.4, 0.5) is 0 Å². The summed E-state index contributed by atoms with van der Waals surface area (Å²) in [5.74, 6) is -0.0753. The fraction of sp³-hybridized carbons (Fsp3) is 0.250. The van der Waals surface area contributed by atoms with Gasteiger partial charge in [0.25, 0.3) is 5.91 Å². The van der Waals surface area contributed by atoms with E-state index in [2.05, 4.69) is 0 Å². The van der Waals surface area contributed by atoms with E-state index in [1.165, 1.54) is 6.07 Å². The summed E-state index contributed by atoms with van der Waals surface area (Å²) < 4.78 is 7.75. The van der Waals surface area contributed by atoms with E-state index in [9.17, 15) is 14.7 Å². The minimum absolute atomic E-state index is 0.00247. The molecule has 0 spiro atoms. The molecule has 2 aliphatic heterocycles. The Balaban J connectivity index is 1.78. The molecule has 1 aromatic heterocycles. The Morgan fingerprint density at radius 2 is 1.71 bits per heavy atom. The van der Waals surface area contributed by atoms with Crippen LogP contribution in [0.15, 0.2) is 71.7 Å². The Morgan fingerprint density at radius 3 is 2.55 bits per heavy atom. The summed E-state index contributed by atoms with van der Waals surface area (Å²) in [4.78, 5) is 27.0. The molecule has 0 aliphatic carbocycles. The van der Waals surface area contributed by atoms with Crippen molar-refractivity contribution in [2.45, 2.75) is 18.9 Å². The minimum atomic E-state index is -0.564. The van der Waals surface area contributed by atoms with Crippen molar-refractivity contribution < 1.29 is 14.6 Å². The number of aromatic hydroxyl groups is 1. The first-order valence-corrected chi connectivity index (χ1v) is 10.4. The molecule has 1 atom stereocenters. The summed E-state index contributed by atoms with van der Waals surface area (Å²) in [7, 11) is 0. The Labute approximate surface area is 179 Å². The number of nitrogens with zero attached hydrogens (tertiary/aromatic N) is 3. The first-order chi connectivity index (χ1) is 15.1. The van der Waals surface area contributed by atoms with E-state index >= 15 is 0 Å². The predicted octanol–water partition coefficient (Wildman–Crippen LogP) is 2.87. The molecule has 3 heterocycles. The normalized spacial score (nSPS) is 18.5. The highest BCUT2D eigenvalue weighted by Gasteiger charge is 2.37. The highest BCUT2D eigenvalue weighted by Crippen LogP contribution is 2.37. The van der Waals surface area contributed by atoms with Crippen LogP contribution in [0.25, 0.3) is 0 Å². The Morgan fingerprint density at radius 1 is 0.935 bits per heavy atom. The standard InChI is InChI=1S/C24H23N3O4/c28-19-12-14-26-22(23(19)29)24(30)25-13-6-7-15-31-20-11-5-4-10-18(20)21(27(26)16-25)17-8-2-1-3-9-17/h1-5,8-12,14,21,29H,6-7,13,15-16H2/t21-/m1/s1. The van der Waals surface area contributed by atoms with Crippen LogP contribution in [0.1, 0.15) is 40.5 Å². The van der Waals surface area contributed by atoms with E-state index < -0.39 is 11.2 Å². The van der Waals surface area contributed by atoms with Crippen molar-refractivity contribution >= 4 is 5.91 Å². The molecule has 1 N–H and O–H groups in total. The largest absolute Gasteiger partial charge is 0.502 e. The second kappa shape index (κ2) is 7.83. The van der Waals surface area contributed by atoms with E-state index in [-0.39, 0.29) is 17.6 Å². The van der Waals surface area contributed by atoms with Crippen LogP contribution in [0.3, 0.4) is 0 Å². The number of aromatic nitrogens is 1. The summed E-state index contributed by atoms with van der Waals surface area (Å²) in [6.07, 6.45) is 3.11. The summed E-state index contributed by atoms with van der Waals surface area (Å²) in [6.45, 7) is 1.39. The van der Waals surface area contributed by atoms with Gasteiger partial charge in [0, 0.05) is 24.4 Å². The number of carbonyl (C=O) groups is 1. The first kappa shape index (κ1) is 19.2. The molecule has 0 fully saturated rings. The van der Waals surface area contributed by atoms with Gasteiger partial charge >= 0.3 is 0 Å². The third-order valence-electron chi connectivity index (χ3n) is 5.84. The first-order valence-electron chi connectivity index (χ1n) is 10.4. The number of benzene rings is 2. The van der Waals surface area contributed by atoms with E-state index in [1.807, 2.05) is 59.6 Å². The average molecular weight is 417 g/mol. The van der Waals surface area contributed by atoms with Gasteiger partial charge in [0.05, 0.1) is 6.61 Å². The second-order valence-corrected chi connectivity index (χ2v) is 7.78. The van der Waals surface area contributed by atoms with Crippen molar-refractivity contribution in [3.63, 3.8) is 0 Å². The number of carbonyl (C=O) groups excluding carboxylic acids is 1. The minimum Gasteiger partial charge on any atom is -0.502 e. The SMILES string of the molecule is O=C1c2c(O)c(=O)ccn2N2CN1CCCCOc1ccccc1[C@H]2c1ccccc1. The van der Waals surface area contributed by atoms with Crippen LogP contribution in [-0.2, 0) is 0 Å². The topological polar surface area (TPSA) is 75.0 Å². The number of para-hydroxylation sites is 1. The molecule has 158 valence electrons. The second-order valence-electron chi connectivity index (χ2n) is 7.78. The fourth-order valence-electron chi connectivity index (χ4n) is 4.34. The third kappa shape index (κ3) is 3.32. The molecule has 2 bridgehead atoms. The zero-order valence-corrected chi connectivity index (χ0v) is 17.0. The molecule has 7 nitrogen and oxygen atoms in total. The molecule has 5 rings (SSSR count).